The Hall–Kier alpha value is -1.83. The topological polar surface area (TPSA) is 104 Å². The average Bonchev–Trinajstić information content (AvgIpc) is 2.83. The van der Waals surface area contributed by atoms with E-state index in [0.29, 0.717) is 23.4 Å². The molecule has 0 amide bonds. The van der Waals surface area contributed by atoms with Crippen LogP contribution in [-0.4, -0.2) is 49.1 Å². The van der Waals surface area contributed by atoms with Gasteiger partial charge in [0.1, 0.15) is 17.9 Å². The molecule has 2 rings (SSSR count). The summed E-state index contributed by atoms with van der Waals surface area (Å²) in [5.74, 6) is 0.336. The van der Waals surface area contributed by atoms with Crippen molar-refractivity contribution in [2.45, 2.75) is 12.5 Å². The lowest BCUT2D eigenvalue weighted by Gasteiger charge is -2.14. The Balaban J connectivity index is 2.20. The summed E-state index contributed by atoms with van der Waals surface area (Å²) >= 11 is 1.61. The van der Waals surface area contributed by atoms with Crippen molar-refractivity contribution in [1.82, 2.24) is 19.9 Å². The van der Waals surface area contributed by atoms with Crippen molar-refractivity contribution in [1.29, 1.82) is 0 Å². The molecule has 1 atom stereocenters. The number of hydrogen-bond donors (Lipinski definition) is 3. The van der Waals surface area contributed by atoms with Gasteiger partial charge in [-0.2, -0.15) is 11.8 Å². The number of nitrogens with one attached hydrogen (secondary N) is 2. The lowest BCUT2D eigenvalue weighted by atomic mass is 10.2. The van der Waals surface area contributed by atoms with Crippen LogP contribution in [0.25, 0.3) is 11.2 Å². The molecule has 0 saturated heterocycles. The molecule has 0 aliphatic rings. The third-order valence-electron chi connectivity index (χ3n) is 2.44. The molecule has 0 aliphatic carbocycles. The molecule has 8 heteroatoms. The number of carboxylic acids is 1. The number of fused-ring (bicyclic) bond motifs is 1. The largest absolute Gasteiger partial charge is 0.480 e. The summed E-state index contributed by atoms with van der Waals surface area (Å²) in [6, 6.07) is -0.668. The van der Waals surface area contributed by atoms with E-state index in [1.54, 1.807) is 11.8 Å². The minimum atomic E-state index is -0.893. The number of nitrogens with zero attached hydrogens (tertiary/aromatic N) is 3. The number of aromatic amines is 1. The number of aliphatic carboxylic acids is 1. The zero-order valence-electron chi connectivity index (χ0n) is 9.75. The van der Waals surface area contributed by atoms with E-state index in [1.807, 2.05) is 6.26 Å². The quantitative estimate of drug-likeness (QED) is 0.716. The highest BCUT2D eigenvalue weighted by atomic mass is 32.2. The van der Waals surface area contributed by atoms with Gasteiger partial charge in [-0.3, -0.25) is 0 Å². The van der Waals surface area contributed by atoms with E-state index in [0.717, 1.165) is 5.75 Å². The van der Waals surface area contributed by atoms with E-state index in [4.69, 9.17) is 5.11 Å². The number of carboxylic acid groups (broad SMARTS) is 1. The highest BCUT2D eigenvalue weighted by molar-refractivity contribution is 7.98. The van der Waals surface area contributed by atoms with Crippen molar-refractivity contribution < 1.29 is 9.90 Å². The van der Waals surface area contributed by atoms with Crippen LogP contribution in [0.5, 0.6) is 0 Å². The minimum Gasteiger partial charge on any atom is -0.480 e. The van der Waals surface area contributed by atoms with Gasteiger partial charge < -0.3 is 15.4 Å². The summed E-state index contributed by atoms with van der Waals surface area (Å²) in [4.78, 5) is 26.0. The van der Waals surface area contributed by atoms with Gasteiger partial charge in [-0.1, -0.05) is 0 Å². The lowest BCUT2D eigenvalue weighted by Crippen LogP contribution is -2.30. The Labute approximate surface area is 107 Å². The molecule has 0 saturated carbocycles. The van der Waals surface area contributed by atoms with Crippen LogP contribution in [0.4, 0.5) is 5.82 Å². The van der Waals surface area contributed by atoms with E-state index < -0.39 is 12.0 Å². The lowest BCUT2D eigenvalue weighted by molar-refractivity contribution is -0.137. The first-order valence-corrected chi connectivity index (χ1v) is 6.74. The van der Waals surface area contributed by atoms with E-state index in [9.17, 15) is 4.79 Å². The summed E-state index contributed by atoms with van der Waals surface area (Å²) in [5, 5.41) is 12.1. The highest BCUT2D eigenvalue weighted by Crippen LogP contribution is 2.16. The van der Waals surface area contributed by atoms with Gasteiger partial charge in [0, 0.05) is 0 Å². The van der Waals surface area contributed by atoms with Crippen LogP contribution in [0, 0.1) is 0 Å². The molecule has 0 unspecified atom stereocenters. The fraction of sp³-hybridized carbons (Fsp3) is 0.400. The summed E-state index contributed by atoms with van der Waals surface area (Å²) in [6.45, 7) is 0. The predicted octanol–water partition coefficient (Wildman–Crippen LogP) is 0.971. The maximum atomic E-state index is 11.1. The van der Waals surface area contributed by atoms with Gasteiger partial charge in [-0.05, 0) is 18.4 Å². The average molecular weight is 267 g/mol. The number of aromatic nitrogens is 4. The van der Waals surface area contributed by atoms with Crippen LogP contribution in [-0.2, 0) is 4.79 Å². The Morgan fingerprint density at radius 1 is 1.56 bits per heavy atom. The van der Waals surface area contributed by atoms with Crippen LogP contribution in [0.3, 0.4) is 0 Å². The van der Waals surface area contributed by atoms with Crippen LogP contribution in [0.1, 0.15) is 6.42 Å². The van der Waals surface area contributed by atoms with E-state index in [2.05, 4.69) is 25.3 Å². The summed E-state index contributed by atoms with van der Waals surface area (Å²) in [6.07, 6.45) is 5.33. The second-order valence-corrected chi connectivity index (χ2v) is 4.63. The Bertz CT molecular complexity index is 544. The second-order valence-electron chi connectivity index (χ2n) is 3.64. The normalized spacial score (nSPS) is 12.5. The van der Waals surface area contributed by atoms with Gasteiger partial charge in [0.2, 0.25) is 0 Å². The van der Waals surface area contributed by atoms with Crippen molar-refractivity contribution in [3.05, 3.63) is 12.7 Å². The van der Waals surface area contributed by atoms with E-state index >= 15 is 0 Å². The molecule has 0 fully saturated rings. The Kier molecular flexibility index (Phi) is 3.98. The number of rotatable bonds is 6. The molecule has 3 N–H and O–H groups in total. The fourth-order valence-electron chi connectivity index (χ4n) is 1.53. The van der Waals surface area contributed by atoms with Crippen LogP contribution in [0.2, 0.25) is 0 Å². The molecule has 7 nitrogen and oxygen atoms in total. The van der Waals surface area contributed by atoms with E-state index in [-0.39, 0.29) is 0 Å². The van der Waals surface area contributed by atoms with E-state index in [1.165, 1.54) is 12.7 Å². The molecule has 2 heterocycles. The second kappa shape index (κ2) is 5.67. The molecule has 0 radical (unpaired) electrons. The number of imidazole rings is 1. The predicted molar refractivity (Wildman–Crippen MR) is 69.7 cm³/mol. The van der Waals surface area contributed by atoms with Gasteiger partial charge in [-0.25, -0.2) is 19.7 Å². The van der Waals surface area contributed by atoms with Gasteiger partial charge in [0.25, 0.3) is 0 Å². The fourth-order valence-corrected chi connectivity index (χ4v) is 2.00. The van der Waals surface area contributed by atoms with Gasteiger partial charge in [0.05, 0.1) is 6.33 Å². The smallest absolute Gasteiger partial charge is 0.326 e. The zero-order valence-corrected chi connectivity index (χ0v) is 10.6. The molecular weight excluding hydrogens is 254 g/mol. The van der Waals surface area contributed by atoms with Crippen molar-refractivity contribution in [3.63, 3.8) is 0 Å². The van der Waals surface area contributed by atoms with Crippen molar-refractivity contribution >= 4 is 34.7 Å². The zero-order chi connectivity index (χ0) is 13.0. The molecule has 0 aliphatic heterocycles. The van der Waals surface area contributed by atoms with Crippen molar-refractivity contribution in [2.75, 3.05) is 17.3 Å². The molecular formula is C10H13N5O2S. The number of anilines is 1. The maximum Gasteiger partial charge on any atom is 0.326 e. The van der Waals surface area contributed by atoms with Gasteiger partial charge >= 0.3 is 5.97 Å². The minimum absolute atomic E-state index is 0.464. The standard InChI is InChI=1S/C10H13N5O2S/c1-18-3-2-6(10(16)17)15-9-7-8(12-4-11-7)13-5-14-9/h4-6H,2-3H2,1H3,(H,16,17)(H2,11,12,13,14,15)/t6-/m0/s1. The molecule has 2 aromatic heterocycles. The third kappa shape index (κ3) is 2.70. The monoisotopic (exact) mass is 267 g/mol. The first-order valence-electron chi connectivity index (χ1n) is 5.34. The van der Waals surface area contributed by atoms with Gasteiger partial charge in [-0.15, -0.1) is 0 Å². The van der Waals surface area contributed by atoms with Crippen LogP contribution >= 0.6 is 11.8 Å². The number of carbonyl (C=O) groups is 1. The maximum absolute atomic E-state index is 11.1. The number of hydrogen-bond acceptors (Lipinski definition) is 6. The van der Waals surface area contributed by atoms with Gasteiger partial charge in [0.15, 0.2) is 11.5 Å². The Morgan fingerprint density at radius 2 is 2.39 bits per heavy atom. The number of thioether (sulfide) groups is 1. The highest BCUT2D eigenvalue weighted by Gasteiger charge is 2.18. The molecule has 0 bridgehead atoms. The summed E-state index contributed by atoms with van der Waals surface area (Å²) in [5.41, 5.74) is 1.13. The van der Waals surface area contributed by atoms with Crippen LogP contribution in [0.15, 0.2) is 12.7 Å². The molecule has 2 aromatic rings. The molecule has 18 heavy (non-hydrogen) atoms. The molecule has 0 spiro atoms. The molecule has 96 valence electrons. The Morgan fingerprint density at radius 3 is 3.11 bits per heavy atom. The third-order valence-corrected chi connectivity index (χ3v) is 3.09. The summed E-state index contributed by atoms with van der Waals surface area (Å²) in [7, 11) is 0. The summed E-state index contributed by atoms with van der Waals surface area (Å²) < 4.78 is 0. The SMILES string of the molecule is CSCC[C@H](Nc1ncnc2nc[nH]c12)C(=O)O. The van der Waals surface area contributed by atoms with Crippen LogP contribution < -0.4 is 5.32 Å². The molecule has 0 aromatic carbocycles. The number of H-pyrrole nitrogens is 1. The van der Waals surface area contributed by atoms with Crippen molar-refractivity contribution in [3.8, 4) is 0 Å². The van der Waals surface area contributed by atoms with Crippen molar-refractivity contribution in [2.24, 2.45) is 0 Å². The first kappa shape index (κ1) is 12.6. The first-order chi connectivity index (χ1) is 8.72.